The van der Waals surface area contributed by atoms with Gasteiger partial charge in [-0.15, -0.1) is 11.3 Å². The zero-order chi connectivity index (χ0) is 24.5. The smallest absolute Gasteiger partial charge is 0.266 e. The Hall–Kier alpha value is -3.52. The van der Waals surface area contributed by atoms with Gasteiger partial charge in [-0.2, -0.15) is 0 Å². The van der Waals surface area contributed by atoms with Gasteiger partial charge in [-0.25, -0.2) is 15.0 Å². The van der Waals surface area contributed by atoms with E-state index in [-0.39, 0.29) is 5.91 Å². The van der Waals surface area contributed by atoms with Crippen molar-refractivity contribution in [1.29, 1.82) is 0 Å². The third-order valence-corrected chi connectivity index (χ3v) is 7.66. The van der Waals surface area contributed by atoms with Gasteiger partial charge < -0.3 is 15.1 Å². The molecule has 1 saturated heterocycles. The number of nitrogens with one attached hydrogen (secondary N) is 1. The Morgan fingerprint density at radius 3 is 2.34 bits per heavy atom. The number of amides is 1. The minimum atomic E-state index is -0.105. The van der Waals surface area contributed by atoms with E-state index < -0.39 is 0 Å². The Labute approximate surface area is 209 Å². The number of thiophene rings is 1. The number of nitrogens with zero attached hydrogens (tertiary/aromatic N) is 5. The second-order valence-corrected chi connectivity index (χ2v) is 10.2. The van der Waals surface area contributed by atoms with Crippen LogP contribution < -0.4 is 15.1 Å². The number of rotatable bonds is 5. The van der Waals surface area contributed by atoms with Crippen LogP contribution in [0, 0.1) is 13.8 Å². The zero-order valence-electron chi connectivity index (χ0n) is 20.6. The van der Waals surface area contributed by atoms with Gasteiger partial charge in [-0.1, -0.05) is 32.0 Å². The molecule has 0 unspecified atom stereocenters. The first-order valence-electron chi connectivity index (χ1n) is 12.0. The quantitative estimate of drug-likeness (QED) is 0.407. The van der Waals surface area contributed by atoms with E-state index in [4.69, 9.17) is 4.98 Å². The first-order valence-corrected chi connectivity index (χ1v) is 12.8. The highest BCUT2D eigenvalue weighted by molar-refractivity contribution is 7.20. The summed E-state index contributed by atoms with van der Waals surface area (Å²) in [5.74, 6) is 2.99. The fourth-order valence-corrected chi connectivity index (χ4v) is 5.61. The molecule has 1 aromatic carbocycles. The van der Waals surface area contributed by atoms with Crippen LogP contribution in [0.3, 0.4) is 0 Å². The topological polar surface area (TPSA) is 74.2 Å². The number of carbonyl (C=O) groups is 1. The highest BCUT2D eigenvalue weighted by Gasteiger charge is 2.25. The monoisotopic (exact) mass is 486 g/mol. The second-order valence-electron chi connectivity index (χ2n) is 9.22. The lowest BCUT2D eigenvalue weighted by Gasteiger charge is -2.36. The average molecular weight is 487 g/mol. The van der Waals surface area contributed by atoms with E-state index in [1.165, 1.54) is 16.9 Å². The predicted octanol–water partition coefficient (Wildman–Crippen LogP) is 5.41. The van der Waals surface area contributed by atoms with Crippen LogP contribution in [0.1, 0.15) is 46.4 Å². The summed E-state index contributed by atoms with van der Waals surface area (Å²) in [6.07, 6.45) is 1.83. The van der Waals surface area contributed by atoms with E-state index in [1.807, 2.05) is 50.4 Å². The van der Waals surface area contributed by atoms with Crippen LogP contribution in [0.5, 0.6) is 0 Å². The van der Waals surface area contributed by atoms with Gasteiger partial charge >= 0.3 is 0 Å². The minimum absolute atomic E-state index is 0.105. The maximum Gasteiger partial charge on any atom is 0.266 e. The Morgan fingerprint density at radius 1 is 0.971 bits per heavy atom. The summed E-state index contributed by atoms with van der Waals surface area (Å²) in [6.45, 7) is 11.6. The van der Waals surface area contributed by atoms with E-state index >= 15 is 0 Å². The number of hydrogen-bond donors (Lipinski definition) is 1. The van der Waals surface area contributed by atoms with Crippen molar-refractivity contribution in [3.05, 3.63) is 70.5 Å². The van der Waals surface area contributed by atoms with Crippen LogP contribution in [0.4, 0.5) is 17.3 Å². The summed E-state index contributed by atoms with van der Waals surface area (Å²) >= 11 is 1.44. The zero-order valence-corrected chi connectivity index (χ0v) is 21.4. The van der Waals surface area contributed by atoms with Crippen molar-refractivity contribution in [3.63, 3.8) is 0 Å². The molecule has 1 aliphatic rings. The molecule has 5 rings (SSSR count). The van der Waals surface area contributed by atoms with Crippen LogP contribution in [0.15, 0.2) is 48.7 Å². The van der Waals surface area contributed by atoms with Crippen molar-refractivity contribution in [2.45, 2.75) is 33.6 Å². The predicted molar refractivity (Wildman–Crippen MR) is 144 cm³/mol. The molecule has 1 N–H and O–H groups in total. The minimum Gasteiger partial charge on any atom is -0.353 e. The molecule has 0 radical (unpaired) electrons. The van der Waals surface area contributed by atoms with Gasteiger partial charge in [-0.3, -0.25) is 4.79 Å². The molecular weight excluding hydrogens is 456 g/mol. The van der Waals surface area contributed by atoms with Crippen molar-refractivity contribution in [2.24, 2.45) is 0 Å². The lowest BCUT2D eigenvalue weighted by Crippen LogP contribution is -2.47. The fraction of sp³-hybridized carbons (Fsp3) is 0.333. The molecule has 7 nitrogen and oxygen atoms in total. The fourth-order valence-electron chi connectivity index (χ4n) is 4.49. The maximum absolute atomic E-state index is 13.2. The first-order chi connectivity index (χ1) is 16.9. The van der Waals surface area contributed by atoms with E-state index in [0.29, 0.717) is 10.8 Å². The molecule has 8 heteroatoms. The van der Waals surface area contributed by atoms with Gasteiger partial charge in [0.1, 0.15) is 22.3 Å². The molecule has 0 saturated carbocycles. The van der Waals surface area contributed by atoms with Gasteiger partial charge in [-0.05, 0) is 55.2 Å². The number of carbonyl (C=O) groups excluding carboxylic acids is 1. The Morgan fingerprint density at radius 2 is 1.69 bits per heavy atom. The number of aryl methyl sites for hydroxylation is 2. The summed E-state index contributed by atoms with van der Waals surface area (Å²) in [4.78, 5) is 33.4. The van der Waals surface area contributed by atoms with Gasteiger partial charge in [0.05, 0.1) is 10.3 Å². The second kappa shape index (κ2) is 9.62. The molecule has 4 aromatic rings. The van der Waals surface area contributed by atoms with E-state index in [2.05, 4.69) is 51.1 Å². The Balaban J connectivity index is 1.39. The molecule has 0 aliphatic carbocycles. The maximum atomic E-state index is 13.2. The molecule has 180 valence electrons. The molecule has 0 bridgehead atoms. The summed E-state index contributed by atoms with van der Waals surface area (Å²) in [7, 11) is 0. The van der Waals surface area contributed by atoms with Crippen LogP contribution >= 0.6 is 11.3 Å². The molecule has 1 fully saturated rings. The van der Waals surface area contributed by atoms with E-state index in [9.17, 15) is 4.79 Å². The van der Waals surface area contributed by atoms with Crippen molar-refractivity contribution in [2.75, 3.05) is 41.3 Å². The number of piperazine rings is 1. The standard InChI is InChI=1S/C27H30N6OS/c1-17(2)20-8-10-21(11-9-20)31-26(34)24-18(3)23-25(29-19(4)30-27(23)35-24)33-15-13-32(14-16-33)22-7-5-6-12-28-22/h5-12,17H,13-16H2,1-4H3,(H,31,34). The molecule has 0 spiro atoms. The van der Waals surface area contributed by atoms with Gasteiger partial charge in [0.2, 0.25) is 0 Å². The number of benzene rings is 1. The van der Waals surface area contributed by atoms with Crippen molar-refractivity contribution < 1.29 is 4.79 Å². The summed E-state index contributed by atoms with van der Waals surface area (Å²) in [6, 6.07) is 14.1. The van der Waals surface area contributed by atoms with Crippen molar-refractivity contribution in [3.8, 4) is 0 Å². The summed E-state index contributed by atoms with van der Waals surface area (Å²) < 4.78 is 0. The van der Waals surface area contributed by atoms with Crippen molar-refractivity contribution in [1.82, 2.24) is 15.0 Å². The van der Waals surface area contributed by atoms with Gasteiger partial charge in [0, 0.05) is 38.1 Å². The Kier molecular flexibility index (Phi) is 6.38. The molecular formula is C27H30N6OS. The summed E-state index contributed by atoms with van der Waals surface area (Å²) in [5, 5.41) is 4.04. The lowest BCUT2D eigenvalue weighted by molar-refractivity contribution is 0.103. The molecule has 1 amide bonds. The number of hydrogen-bond acceptors (Lipinski definition) is 7. The molecule has 0 atom stereocenters. The lowest BCUT2D eigenvalue weighted by atomic mass is 10.0. The number of pyridine rings is 1. The third kappa shape index (κ3) is 4.71. The van der Waals surface area contributed by atoms with Crippen LogP contribution in [0.25, 0.3) is 10.2 Å². The number of anilines is 3. The van der Waals surface area contributed by atoms with Crippen molar-refractivity contribution >= 4 is 44.8 Å². The highest BCUT2D eigenvalue weighted by Crippen LogP contribution is 2.36. The SMILES string of the molecule is Cc1nc(N2CCN(c3ccccn3)CC2)c2c(C)c(C(=O)Nc3ccc(C(C)C)cc3)sc2n1. The highest BCUT2D eigenvalue weighted by atomic mass is 32.1. The van der Waals surface area contributed by atoms with Crippen LogP contribution in [-0.4, -0.2) is 47.0 Å². The first kappa shape index (κ1) is 23.2. The molecule has 4 heterocycles. The molecule has 1 aliphatic heterocycles. The Bertz CT molecular complexity index is 1340. The van der Waals surface area contributed by atoms with E-state index in [1.54, 1.807) is 0 Å². The normalized spacial score (nSPS) is 14.1. The number of aromatic nitrogens is 3. The van der Waals surface area contributed by atoms with E-state index in [0.717, 1.165) is 65.1 Å². The number of fused-ring (bicyclic) bond motifs is 1. The van der Waals surface area contributed by atoms with Gasteiger partial charge in [0.25, 0.3) is 5.91 Å². The van der Waals surface area contributed by atoms with Gasteiger partial charge in [0.15, 0.2) is 0 Å². The molecule has 3 aromatic heterocycles. The summed E-state index contributed by atoms with van der Waals surface area (Å²) in [5.41, 5.74) is 2.98. The average Bonchev–Trinajstić information content (AvgIpc) is 3.20. The van der Waals surface area contributed by atoms with Crippen LogP contribution in [0.2, 0.25) is 0 Å². The largest absolute Gasteiger partial charge is 0.353 e. The van der Waals surface area contributed by atoms with Crippen LogP contribution in [-0.2, 0) is 0 Å². The third-order valence-electron chi connectivity index (χ3n) is 6.48. The molecule has 35 heavy (non-hydrogen) atoms.